The van der Waals surface area contributed by atoms with E-state index in [0.717, 1.165) is 6.29 Å². The standard InChI is InChI=1S/C17H31NO4/c1-11(2)14-13(9-12(3)10-19)21-17(7,8)18(14)15(20)22-16(4,5)6/h10-14H,9H2,1-8H3/t12-,13-,14+/m1/s1. The van der Waals surface area contributed by atoms with Gasteiger partial charge in [-0.15, -0.1) is 0 Å². The van der Waals surface area contributed by atoms with Crippen LogP contribution in [-0.4, -0.2) is 40.8 Å². The summed E-state index contributed by atoms with van der Waals surface area (Å²) in [6.45, 7) is 15.3. The fourth-order valence-corrected chi connectivity index (χ4v) is 3.01. The summed E-state index contributed by atoms with van der Waals surface area (Å²) in [5.74, 6) is 0.110. The second kappa shape index (κ2) is 6.57. The zero-order valence-corrected chi connectivity index (χ0v) is 15.2. The van der Waals surface area contributed by atoms with Crippen LogP contribution in [0.2, 0.25) is 0 Å². The SMILES string of the molecule is CC(C)[C@H]1[C@@H](C[C@@H](C)C=O)OC(C)(C)N1C(=O)OC(C)(C)C. The first-order valence-electron chi connectivity index (χ1n) is 8.04. The van der Waals surface area contributed by atoms with Crippen molar-refractivity contribution in [1.82, 2.24) is 4.90 Å². The van der Waals surface area contributed by atoms with E-state index in [0.29, 0.717) is 6.42 Å². The smallest absolute Gasteiger partial charge is 0.412 e. The van der Waals surface area contributed by atoms with Crippen LogP contribution in [0.25, 0.3) is 0 Å². The monoisotopic (exact) mass is 313 g/mol. The number of hydrogen-bond acceptors (Lipinski definition) is 4. The van der Waals surface area contributed by atoms with Gasteiger partial charge in [-0.25, -0.2) is 4.79 Å². The number of aldehydes is 1. The number of rotatable bonds is 4. The summed E-state index contributed by atoms with van der Waals surface area (Å²) in [7, 11) is 0. The van der Waals surface area contributed by atoms with Gasteiger partial charge in [-0.3, -0.25) is 4.90 Å². The van der Waals surface area contributed by atoms with Gasteiger partial charge in [0.25, 0.3) is 0 Å². The molecule has 0 radical (unpaired) electrons. The lowest BCUT2D eigenvalue weighted by Gasteiger charge is -2.36. The molecular weight excluding hydrogens is 282 g/mol. The molecule has 0 unspecified atom stereocenters. The summed E-state index contributed by atoms with van der Waals surface area (Å²) in [5.41, 5.74) is -1.30. The van der Waals surface area contributed by atoms with Crippen molar-refractivity contribution in [2.45, 2.75) is 85.3 Å². The first-order valence-corrected chi connectivity index (χ1v) is 8.04. The molecule has 5 heteroatoms. The Hall–Kier alpha value is -1.10. The average Bonchev–Trinajstić information content (AvgIpc) is 2.57. The zero-order valence-electron chi connectivity index (χ0n) is 15.2. The maximum atomic E-state index is 12.6. The van der Waals surface area contributed by atoms with Crippen LogP contribution in [0.1, 0.15) is 61.8 Å². The predicted octanol–water partition coefficient (Wildman–Crippen LogP) is 3.61. The summed E-state index contributed by atoms with van der Waals surface area (Å²) in [6.07, 6.45) is 1.01. The first kappa shape index (κ1) is 18.9. The summed E-state index contributed by atoms with van der Waals surface area (Å²) in [6, 6.07) is -0.104. The number of carbonyl (C=O) groups is 2. The van der Waals surface area contributed by atoms with E-state index in [9.17, 15) is 9.59 Å². The van der Waals surface area contributed by atoms with Crippen molar-refractivity contribution in [3.63, 3.8) is 0 Å². The number of hydrogen-bond donors (Lipinski definition) is 0. The Balaban J connectivity index is 3.06. The molecule has 0 aliphatic carbocycles. The van der Waals surface area contributed by atoms with Crippen molar-refractivity contribution >= 4 is 12.4 Å². The molecule has 0 saturated carbocycles. The van der Waals surface area contributed by atoms with Gasteiger partial charge in [0, 0.05) is 5.92 Å². The second-order valence-electron chi connectivity index (χ2n) is 8.04. The summed E-state index contributed by atoms with van der Waals surface area (Å²) >= 11 is 0. The molecule has 0 bridgehead atoms. The molecule has 1 aliphatic heterocycles. The van der Waals surface area contributed by atoms with Gasteiger partial charge in [-0.05, 0) is 47.0 Å². The van der Waals surface area contributed by atoms with Gasteiger partial charge in [-0.2, -0.15) is 0 Å². The molecule has 0 aromatic rings. The summed E-state index contributed by atoms with van der Waals surface area (Å²) < 4.78 is 11.7. The molecule has 1 rings (SSSR count). The molecule has 128 valence electrons. The molecule has 0 aromatic carbocycles. The highest BCUT2D eigenvalue weighted by molar-refractivity contribution is 5.70. The molecular formula is C17H31NO4. The molecule has 5 nitrogen and oxygen atoms in total. The van der Waals surface area contributed by atoms with Gasteiger partial charge in [-0.1, -0.05) is 20.8 Å². The number of carbonyl (C=O) groups excluding carboxylic acids is 2. The minimum absolute atomic E-state index is 0.0966. The molecule has 0 N–H and O–H groups in total. The number of nitrogens with zero attached hydrogens (tertiary/aromatic N) is 1. The predicted molar refractivity (Wildman–Crippen MR) is 85.5 cm³/mol. The van der Waals surface area contributed by atoms with Gasteiger partial charge in [0.1, 0.15) is 17.6 Å². The van der Waals surface area contributed by atoms with Crippen LogP contribution in [0.15, 0.2) is 0 Å². The molecule has 1 heterocycles. The minimum atomic E-state index is -0.745. The third-order valence-electron chi connectivity index (χ3n) is 3.81. The Kier molecular flexibility index (Phi) is 5.66. The lowest BCUT2D eigenvalue weighted by atomic mass is 9.92. The van der Waals surface area contributed by atoms with E-state index in [2.05, 4.69) is 13.8 Å². The van der Waals surface area contributed by atoms with Crippen molar-refractivity contribution in [2.75, 3.05) is 0 Å². The van der Waals surface area contributed by atoms with Crippen molar-refractivity contribution in [3.8, 4) is 0 Å². The molecule has 0 aromatic heterocycles. The lowest BCUT2D eigenvalue weighted by molar-refractivity contribution is -0.113. The largest absolute Gasteiger partial charge is 0.444 e. The van der Waals surface area contributed by atoms with Crippen molar-refractivity contribution < 1.29 is 19.1 Å². The van der Waals surface area contributed by atoms with E-state index >= 15 is 0 Å². The van der Waals surface area contributed by atoms with Crippen molar-refractivity contribution in [2.24, 2.45) is 11.8 Å². The van der Waals surface area contributed by atoms with E-state index in [1.165, 1.54) is 0 Å². The van der Waals surface area contributed by atoms with Crippen LogP contribution in [0.5, 0.6) is 0 Å². The van der Waals surface area contributed by atoms with Crippen LogP contribution >= 0.6 is 0 Å². The highest BCUT2D eigenvalue weighted by Gasteiger charge is 2.52. The minimum Gasteiger partial charge on any atom is -0.444 e. The maximum absolute atomic E-state index is 12.6. The summed E-state index contributed by atoms with van der Waals surface area (Å²) in [5, 5.41) is 0. The van der Waals surface area contributed by atoms with Crippen LogP contribution in [0.4, 0.5) is 4.79 Å². The van der Waals surface area contributed by atoms with Crippen LogP contribution in [0.3, 0.4) is 0 Å². The van der Waals surface area contributed by atoms with Gasteiger partial charge < -0.3 is 14.3 Å². The second-order valence-corrected chi connectivity index (χ2v) is 8.04. The van der Waals surface area contributed by atoms with E-state index < -0.39 is 11.3 Å². The number of amides is 1. The lowest BCUT2D eigenvalue weighted by Crippen LogP contribution is -2.52. The Morgan fingerprint density at radius 3 is 2.27 bits per heavy atom. The molecule has 1 saturated heterocycles. The maximum Gasteiger partial charge on any atom is 0.412 e. The zero-order chi connectivity index (χ0) is 17.3. The highest BCUT2D eigenvalue weighted by Crippen LogP contribution is 2.39. The summed E-state index contributed by atoms with van der Waals surface area (Å²) in [4.78, 5) is 25.3. The Labute approximate surface area is 134 Å². The normalized spacial score (nSPS) is 26.1. The fourth-order valence-electron chi connectivity index (χ4n) is 3.01. The highest BCUT2D eigenvalue weighted by atomic mass is 16.6. The fraction of sp³-hybridized carbons (Fsp3) is 0.882. The third-order valence-corrected chi connectivity index (χ3v) is 3.81. The molecule has 3 atom stereocenters. The van der Waals surface area contributed by atoms with Crippen LogP contribution in [-0.2, 0) is 14.3 Å². The van der Waals surface area contributed by atoms with E-state index in [4.69, 9.17) is 9.47 Å². The Bertz CT molecular complexity index is 411. The van der Waals surface area contributed by atoms with Gasteiger partial charge in [0.15, 0.2) is 0 Å². The average molecular weight is 313 g/mol. The third kappa shape index (κ3) is 4.45. The van der Waals surface area contributed by atoms with Gasteiger partial charge >= 0.3 is 6.09 Å². The van der Waals surface area contributed by atoms with Crippen molar-refractivity contribution in [3.05, 3.63) is 0 Å². The molecule has 0 spiro atoms. The van der Waals surface area contributed by atoms with Crippen LogP contribution < -0.4 is 0 Å². The number of ether oxygens (including phenoxy) is 2. The van der Waals surface area contributed by atoms with Gasteiger partial charge in [0.2, 0.25) is 0 Å². The Morgan fingerprint density at radius 1 is 1.32 bits per heavy atom. The molecule has 22 heavy (non-hydrogen) atoms. The van der Waals surface area contributed by atoms with Crippen molar-refractivity contribution in [1.29, 1.82) is 0 Å². The topological polar surface area (TPSA) is 55.8 Å². The van der Waals surface area contributed by atoms with E-state index in [-0.39, 0.29) is 30.1 Å². The Morgan fingerprint density at radius 2 is 1.86 bits per heavy atom. The van der Waals surface area contributed by atoms with E-state index in [1.54, 1.807) is 4.90 Å². The molecule has 1 fully saturated rings. The quantitative estimate of drug-likeness (QED) is 0.744. The van der Waals surface area contributed by atoms with Gasteiger partial charge in [0.05, 0.1) is 12.1 Å². The molecule has 1 amide bonds. The van der Waals surface area contributed by atoms with E-state index in [1.807, 2.05) is 41.5 Å². The molecule has 1 aliphatic rings. The van der Waals surface area contributed by atoms with Crippen LogP contribution in [0, 0.1) is 11.8 Å². The first-order chi connectivity index (χ1) is 9.89.